The molecule has 4 heteroatoms. The van der Waals surface area contributed by atoms with Gasteiger partial charge in [-0.05, 0) is 55.9 Å². The van der Waals surface area contributed by atoms with E-state index in [0.29, 0.717) is 12.3 Å². The lowest BCUT2D eigenvalue weighted by atomic mass is 10.1. The maximum Gasteiger partial charge on any atom is 0.123 e. The summed E-state index contributed by atoms with van der Waals surface area (Å²) in [5.74, 6) is 1.26. The first-order valence-corrected chi connectivity index (χ1v) is 5.82. The Morgan fingerprint density at radius 1 is 1.47 bits per heavy atom. The molecule has 1 aromatic carbocycles. The van der Waals surface area contributed by atoms with Gasteiger partial charge in [0.2, 0.25) is 0 Å². The van der Waals surface area contributed by atoms with E-state index in [4.69, 9.17) is 10.5 Å². The molecular weight excluding hydrogens is 241 g/mol. The van der Waals surface area contributed by atoms with Crippen molar-refractivity contribution in [3.8, 4) is 5.75 Å². The van der Waals surface area contributed by atoms with Crippen LogP contribution in [0.2, 0.25) is 0 Å². The first-order chi connectivity index (χ1) is 7.65. The first kappa shape index (κ1) is 14.3. The Morgan fingerprint density at radius 2 is 2.18 bits per heavy atom. The van der Waals surface area contributed by atoms with Crippen molar-refractivity contribution in [2.24, 2.45) is 11.7 Å². The Morgan fingerprint density at radius 3 is 2.76 bits per heavy atom. The molecule has 1 atom stereocenters. The molecular formula is C13H19ClFNO. The fourth-order valence-electron chi connectivity index (χ4n) is 1.69. The van der Waals surface area contributed by atoms with Crippen LogP contribution in [0.15, 0.2) is 18.2 Å². The zero-order chi connectivity index (χ0) is 11.5. The van der Waals surface area contributed by atoms with Gasteiger partial charge in [-0.25, -0.2) is 4.39 Å². The van der Waals surface area contributed by atoms with Crippen molar-refractivity contribution in [2.45, 2.75) is 32.2 Å². The molecule has 0 spiro atoms. The van der Waals surface area contributed by atoms with Crippen LogP contribution in [0.3, 0.4) is 0 Å². The highest BCUT2D eigenvalue weighted by Crippen LogP contribution is 2.30. The third-order valence-electron chi connectivity index (χ3n) is 2.74. The smallest absolute Gasteiger partial charge is 0.123 e. The molecule has 1 saturated carbocycles. The van der Waals surface area contributed by atoms with E-state index in [0.717, 1.165) is 17.9 Å². The van der Waals surface area contributed by atoms with Crippen LogP contribution in [0.1, 0.15) is 25.3 Å². The summed E-state index contributed by atoms with van der Waals surface area (Å²) < 4.78 is 18.8. The third-order valence-corrected chi connectivity index (χ3v) is 2.74. The van der Waals surface area contributed by atoms with Crippen LogP contribution in [0, 0.1) is 11.7 Å². The number of benzene rings is 1. The zero-order valence-electron chi connectivity index (χ0n) is 9.99. The summed E-state index contributed by atoms with van der Waals surface area (Å²) >= 11 is 0. The zero-order valence-corrected chi connectivity index (χ0v) is 10.8. The molecule has 0 aromatic heterocycles. The number of nitrogens with two attached hydrogens (primary N) is 1. The predicted molar refractivity (Wildman–Crippen MR) is 69.2 cm³/mol. The van der Waals surface area contributed by atoms with Crippen molar-refractivity contribution in [3.05, 3.63) is 29.6 Å². The number of hydrogen-bond donors (Lipinski definition) is 1. The molecule has 0 aliphatic heterocycles. The van der Waals surface area contributed by atoms with Crippen LogP contribution in [0.25, 0.3) is 0 Å². The monoisotopic (exact) mass is 259 g/mol. The van der Waals surface area contributed by atoms with Gasteiger partial charge in [0.05, 0.1) is 6.61 Å². The van der Waals surface area contributed by atoms with Crippen molar-refractivity contribution in [1.82, 2.24) is 0 Å². The van der Waals surface area contributed by atoms with Crippen LogP contribution in [0.4, 0.5) is 4.39 Å². The van der Waals surface area contributed by atoms with E-state index in [1.807, 2.05) is 6.92 Å². The Bertz CT molecular complexity index is 366. The van der Waals surface area contributed by atoms with Crippen molar-refractivity contribution >= 4 is 12.4 Å². The summed E-state index contributed by atoms with van der Waals surface area (Å²) in [6.07, 6.45) is 3.16. The molecule has 0 heterocycles. The van der Waals surface area contributed by atoms with E-state index < -0.39 is 0 Å². The standard InChI is InChI=1S/C13H18FNO.ClH/c1-9(15)6-11-7-12(14)4-5-13(11)16-8-10-2-3-10;/h4-5,7,9-10H,2-3,6,8,15H2,1H3;1H. The molecule has 2 rings (SSSR count). The van der Waals surface area contributed by atoms with Crippen LogP contribution in [-0.2, 0) is 6.42 Å². The van der Waals surface area contributed by atoms with Crippen molar-refractivity contribution in [3.63, 3.8) is 0 Å². The van der Waals surface area contributed by atoms with Gasteiger partial charge in [-0.3, -0.25) is 0 Å². The summed E-state index contributed by atoms with van der Waals surface area (Å²) in [5, 5.41) is 0. The molecule has 1 aliphatic rings. The lowest BCUT2D eigenvalue weighted by molar-refractivity contribution is 0.296. The molecule has 96 valence electrons. The van der Waals surface area contributed by atoms with Crippen molar-refractivity contribution < 1.29 is 9.13 Å². The maximum absolute atomic E-state index is 13.1. The van der Waals surface area contributed by atoms with Gasteiger partial charge < -0.3 is 10.5 Å². The van der Waals surface area contributed by atoms with E-state index in [-0.39, 0.29) is 24.3 Å². The maximum atomic E-state index is 13.1. The largest absolute Gasteiger partial charge is 0.493 e. The predicted octanol–water partition coefficient (Wildman–Crippen LogP) is 2.93. The average molecular weight is 260 g/mol. The van der Waals surface area contributed by atoms with E-state index in [1.165, 1.54) is 25.0 Å². The molecule has 0 bridgehead atoms. The van der Waals surface area contributed by atoms with Crippen molar-refractivity contribution in [1.29, 1.82) is 0 Å². The SMILES string of the molecule is CC(N)Cc1cc(F)ccc1OCC1CC1.Cl. The molecule has 17 heavy (non-hydrogen) atoms. The summed E-state index contributed by atoms with van der Waals surface area (Å²) in [4.78, 5) is 0. The molecule has 2 N–H and O–H groups in total. The quantitative estimate of drug-likeness (QED) is 0.883. The average Bonchev–Trinajstić information content (AvgIpc) is 2.99. The minimum atomic E-state index is -0.227. The molecule has 0 radical (unpaired) electrons. The molecule has 1 unspecified atom stereocenters. The minimum absolute atomic E-state index is 0. The second-order valence-electron chi connectivity index (χ2n) is 4.69. The Kier molecular flexibility index (Phi) is 5.22. The molecule has 1 aliphatic carbocycles. The lowest BCUT2D eigenvalue weighted by Gasteiger charge is -2.13. The second kappa shape index (κ2) is 6.22. The van der Waals surface area contributed by atoms with Gasteiger partial charge in [-0.15, -0.1) is 12.4 Å². The lowest BCUT2D eigenvalue weighted by Crippen LogP contribution is -2.18. The number of rotatable bonds is 5. The highest BCUT2D eigenvalue weighted by atomic mass is 35.5. The fourth-order valence-corrected chi connectivity index (χ4v) is 1.69. The topological polar surface area (TPSA) is 35.2 Å². The minimum Gasteiger partial charge on any atom is -0.493 e. The Labute approximate surface area is 108 Å². The highest BCUT2D eigenvalue weighted by molar-refractivity contribution is 5.85. The van der Waals surface area contributed by atoms with E-state index in [9.17, 15) is 4.39 Å². The van der Waals surface area contributed by atoms with Gasteiger partial charge in [0.15, 0.2) is 0 Å². The summed E-state index contributed by atoms with van der Waals surface area (Å²) in [7, 11) is 0. The van der Waals surface area contributed by atoms with Crippen LogP contribution in [0.5, 0.6) is 5.75 Å². The van der Waals surface area contributed by atoms with E-state index in [2.05, 4.69) is 0 Å². The van der Waals surface area contributed by atoms with Crippen LogP contribution >= 0.6 is 12.4 Å². The van der Waals surface area contributed by atoms with Gasteiger partial charge in [0.1, 0.15) is 11.6 Å². The molecule has 0 saturated heterocycles. The number of ether oxygens (including phenoxy) is 1. The second-order valence-corrected chi connectivity index (χ2v) is 4.69. The number of halogens is 2. The fraction of sp³-hybridized carbons (Fsp3) is 0.538. The molecule has 2 nitrogen and oxygen atoms in total. The van der Waals surface area contributed by atoms with Gasteiger partial charge in [0, 0.05) is 6.04 Å². The van der Waals surface area contributed by atoms with Gasteiger partial charge >= 0.3 is 0 Å². The molecule has 0 amide bonds. The third kappa shape index (κ3) is 4.52. The van der Waals surface area contributed by atoms with Gasteiger partial charge in [-0.2, -0.15) is 0 Å². The first-order valence-electron chi connectivity index (χ1n) is 5.82. The normalized spacial score (nSPS) is 16.2. The summed E-state index contributed by atoms with van der Waals surface area (Å²) in [6.45, 7) is 2.66. The summed E-state index contributed by atoms with van der Waals surface area (Å²) in [5.41, 5.74) is 6.60. The van der Waals surface area contributed by atoms with E-state index in [1.54, 1.807) is 6.07 Å². The Balaban J connectivity index is 0.00000144. The van der Waals surface area contributed by atoms with Crippen LogP contribution in [-0.4, -0.2) is 12.6 Å². The Hall–Kier alpha value is -0.800. The van der Waals surface area contributed by atoms with Gasteiger partial charge in [-0.1, -0.05) is 0 Å². The number of hydrogen-bond acceptors (Lipinski definition) is 2. The molecule has 1 fully saturated rings. The van der Waals surface area contributed by atoms with Crippen molar-refractivity contribution in [2.75, 3.05) is 6.61 Å². The highest BCUT2D eigenvalue weighted by Gasteiger charge is 2.22. The van der Waals surface area contributed by atoms with E-state index >= 15 is 0 Å². The van der Waals surface area contributed by atoms with Crippen LogP contribution < -0.4 is 10.5 Å². The van der Waals surface area contributed by atoms with Gasteiger partial charge in [0.25, 0.3) is 0 Å². The molecule has 1 aromatic rings. The summed E-state index contributed by atoms with van der Waals surface area (Å²) in [6, 6.07) is 4.68.